The van der Waals surface area contributed by atoms with Crippen molar-refractivity contribution in [3.05, 3.63) is 0 Å². The van der Waals surface area contributed by atoms with Gasteiger partial charge < -0.3 is 5.82 Å². The largest absolute Gasteiger partial charge is 0.377 e. The van der Waals surface area contributed by atoms with Gasteiger partial charge in [-0.3, -0.25) is 0 Å². The fourth-order valence-corrected chi connectivity index (χ4v) is 1.64. The van der Waals surface area contributed by atoms with Crippen molar-refractivity contribution in [3.8, 4) is 47.8 Å². The molecular formula is C14H11BF-. The number of halogens is 1. The van der Waals surface area contributed by atoms with Gasteiger partial charge in [0.1, 0.15) is 0 Å². The molecule has 78 valence electrons. The average molecular weight is 209 g/mol. The van der Waals surface area contributed by atoms with Crippen LogP contribution < -0.4 is 0 Å². The molecule has 0 bridgehead atoms. The summed E-state index contributed by atoms with van der Waals surface area (Å²) in [7, 11) is 1.84. The maximum absolute atomic E-state index is 13.0. The highest BCUT2D eigenvalue weighted by molar-refractivity contribution is 6.48. The summed E-state index contributed by atoms with van der Waals surface area (Å²) >= 11 is 0. The Morgan fingerprint density at radius 3 is 2.56 bits per heavy atom. The molecule has 0 aromatic rings. The van der Waals surface area contributed by atoms with Gasteiger partial charge in [0.25, 0.3) is 0 Å². The monoisotopic (exact) mass is 209 g/mol. The van der Waals surface area contributed by atoms with Crippen molar-refractivity contribution in [2.24, 2.45) is 0 Å². The molecule has 1 fully saturated rings. The first-order chi connectivity index (χ1) is 7.83. The third-order valence-electron chi connectivity index (χ3n) is 2.36. The van der Waals surface area contributed by atoms with Crippen LogP contribution >= 0.6 is 0 Å². The van der Waals surface area contributed by atoms with E-state index < -0.39 is 6.17 Å². The van der Waals surface area contributed by atoms with Gasteiger partial charge in [-0.05, 0) is 36.0 Å². The molecule has 0 aliphatic heterocycles. The van der Waals surface area contributed by atoms with Crippen LogP contribution in [-0.4, -0.2) is 13.5 Å². The zero-order valence-corrected chi connectivity index (χ0v) is 9.02. The van der Waals surface area contributed by atoms with E-state index in [2.05, 4.69) is 41.3 Å². The van der Waals surface area contributed by atoms with Crippen LogP contribution in [0.15, 0.2) is 0 Å². The summed E-state index contributed by atoms with van der Waals surface area (Å²) in [6.45, 7) is 0. The van der Waals surface area contributed by atoms with Crippen molar-refractivity contribution >= 4 is 7.28 Å². The molecule has 2 heteroatoms. The number of hydrogen-bond donors (Lipinski definition) is 0. The smallest absolute Gasteiger partial charge is 0.0972 e. The van der Waals surface area contributed by atoms with Gasteiger partial charge in [-0.1, -0.05) is 25.2 Å². The first kappa shape index (κ1) is 12.3. The second-order valence-corrected chi connectivity index (χ2v) is 3.60. The molecule has 0 amide bonds. The summed E-state index contributed by atoms with van der Waals surface area (Å²) < 4.78 is 13.0. The lowest BCUT2D eigenvalue weighted by Crippen LogP contribution is -2.15. The molecule has 2 atom stereocenters. The minimum absolute atomic E-state index is 0.273. The molecule has 0 aromatic carbocycles. The van der Waals surface area contributed by atoms with Crippen LogP contribution in [-0.2, 0) is 0 Å². The van der Waals surface area contributed by atoms with Crippen molar-refractivity contribution in [2.75, 3.05) is 0 Å². The Kier molecular flexibility index (Phi) is 5.78. The van der Waals surface area contributed by atoms with Crippen LogP contribution in [0.3, 0.4) is 0 Å². The summed E-state index contributed by atoms with van der Waals surface area (Å²) in [5.74, 6) is 17.8. The highest BCUT2D eigenvalue weighted by Gasteiger charge is 2.13. The van der Waals surface area contributed by atoms with Crippen molar-refractivity contribution in [1.82, 2.24) is 0 Å². The molecular weight excluding hydrogens is 198 g/mol. The third-order valence-corrected chi connectivity index (χ3v) is 2.36. The predicted octanol–water partition coefficient (Wildman–Crippen LogP) is 1.99. The second-order valence-electron chi connectivity index (χ2n) is 3.60. The number of rotatable bonds is 1. The fourth-order valence-electron chi connectivity index (χ4n) is 1.64. The summed E-state index contributed by atoms with van der Waals surface area (Å²) in [4.78, 5) is 0. The lowest BCUT2D eigenvalue weighted by molar-refractivity contribution is 0.251. The van der Waals surface area contributed by atoms with E-state index in [4.69, 9.17) is 6.42 Å². The van der Waals surface area contributed by atoms with Crippen LogP contribution in [0.25, 0.3) is 0 Å². The van der Waals surface area contributed by atoms with Gasteiger partial charge in [-0.2, -0.15) is 0 Å². The first-order valence-corrected chi connectivity index (χ1v) is 5.26. The lowest BCUT2D eigenvalue weighted by Gasteiger charge is -2.31. The van der Waals surface area contributed by atoms with Crippen molar-refractivity contribution < 1.29 is 4.39 Å². The Morgan fingerprint density at radius 2 is 1.81 bits per heavy atom. The van der Waals surface area contributed by atoms with E-state index in [0.29, 0.717) is 12.8 Å². The Balaban J connectivity index is 2.30. The van der Waals surface area contributed by atoms with E-state index in [0.717, 1.165) is 12.8 Å². The summed E-state index contributed by atoms with van der Waals surface area (Å²) in [6.07, 6.45) is 7.51. The zero-order valence-electron chi connectivity index (χ0n) is 9.02. The zero-order chi connectivity index (χ0) is 11.6. The Labute approximate surface area is 97.6 Å². The topological polar surface area (TPSA) is 0 Å². The Hall–Kier alpha value is -1.77. The van der Waals surface area contributed by atoms with Gasteiger partial charge in [0.15, 0.2) is 0 Å². The van der Waals surface area contributed by atoms with Crippen molar-refractivity contribution in [2.45, 2.75) is 37.7 Å². The van der Waals surface area contributed by atoms with Gasteiger partial charge in [0.2, 0.25) is 0 Å². The molecule has 1 rings (SSSR count). The standard InChI is InChI=1S/C14H11BF/c1-2-3-4-5-6-7-11-15-13-9-8-10-14(16)12-13/h1,13-14H,8-10,12H2/q-1. The third kappa shape index (κ3) is 5.20. The molecule has 2 radical (unpaired) electrons. The Morgan fingerprint density at radius 1 is 1.06 bits per heavy atom. The quantitative estimate of drug-likeness (QED) is 0.457. The lowest BCUT2D eigenvalue weighted by atomic mass is 9.59. The molecule has 2 unspecified atom stereocenters. The van der Waals surface area contributed by atoms with Gasteiger partial charge in [-0.15, -0.1) is 6.42 Å². The first-order valence-electron chi connectivity index (χ1n) is 5.26. The average Bonchev–Trinajstić information content (AvgIpc) is 2.28. The maximum atomic E-state index is 13.0. The molecule has 0 heterocycles. The van der Waals surface area contributed by atoms with Crippen molar-refractivity contribution in [1.29, 1.82) is 0 Å². The Bertz CT molecular complexity index is 439. The number of hydrogen-bond acceptors (Lipinski definition) is 0. The summed E-state index contributed by atoms with van der Waals surface area (Å²) in [6, 6.07) is 0. The van der Waals surface area contributed by atoms with E-state index in [1.807, 2.05) is 7.28 Å². The minimum Gasteiger partial charge on any atom is -0.377 e. The number of alkyl halides is 1. The normalized spacial score (nSPS) is 22.2. The van der Waals surface area contributed by atoms with Crippen LogP contribution in [0.1, 0.15) is 25.7 Å². The van der Waals surface area contributed by atoms with Crippen LogP contribution in [0.4, 0.5) is 4.39 Å². The van der Waals surface area contributed by atoms with E-state index in [1.165, 1.54) is 0 Å². The van der Waals surface area contributed by atoms with Crippen LogP contribution in [0.2, 0.25) is 5.82 Å². The van der Waals surface area contributed by atoms with E-state index >= 15 is 0 Å². The molecule has 0 nitrogen and oxygen atoms in total. The van der Waals surface area contributed by atoms with Crippen LogP contribution in [0.5, 0.6) is 0 Å². The van der Waals surface area contributed by atoms with Crippen molar-refractivity contribution in [3.63, 3.8) is 0 Å². The second kappa shape index (κ2) is 7.52. The molecule has 1 saturated carbocycles. The number of terminal acetylenes is 1. The highest BCUT2D eigenvalue weighted by atomic mass is 19.1. The van der Waals surface area contributed by atoms with Gasteiger partial charge in [-0.25, -0.2) is 17.5 Å². The summed E-state index contributed by atoms with van der Waals surface area (Å²) in [5, 5.41) is 0. The van der Waals surface area contributed by atoms with E-state index in [1.54, 1.807) is 0 Å². The minimum atomic E-state index is -0.663. The maximum Gasteiger partial charge on any atom is 0.0972 e. The SMILES string of the molecule is C#CC#CC#CC#C[B-]C1CCCC(F)C1. The molecule has 0 aromatic heterocycles. The van der Waals surface area contributed by atoms with Crippen LogP contribution in [0, 0.1) is 47.8 Å². The van der Waals surface area contributed by atoms with E-state index in [9.17, 15) is 4.39 Å². The molecule has 0 saturated heterocycles. The molecule has 16 heavy (non-hydrogen) atoms. The highest BCUT2D eigenvalue weighted by Crippen LogP contribution is 2.29. The predicted molar refractivity (Wildman–Crippen MR) is 65.0 cm³/mol. The molecule has 0 N–H and O–H groups in total. The molecule has 0 spiro atoms. The summed E-state index contributed by atoms with van der Waals surface area (Å²) in [5.41, 5.74) is 0. The fraction of sp³-hybridized carbons (Fsp3) is 0.429. The van der Waals surface area contributed by atoms with Gasteiger partial charge in [0.05, 0.1) is 6.17 Å². The van der Waals surface area contributed by atoms with Gasteiger partial charge >= 0.3 is 0 Å². The van der Waals surface area contributed by atoms with Gasteiger partial charge in [0, 0.05) is 0 Å². The molecule has 1 aliphatic carbocycles. The molecule has 1 aliphatic rings. The van der Waals surface area contributed by atoms with E-state index in [-0.39, 0.29) is 5.82 Å².